The Morgan fingerprint density at radius 1 is 0.719 bits per heavy atom. The van der Waals surface area contributed by atoms with E-state index in [1.54, 1.807) is 5.39 Å². The van der Waals surface area contributed by atoms with Crippen LogP contribution in [-0.2, 0) is 6.54 Å². The number of aryl methyl sites for hydroxylation is 1. The first-order valence-corrected chi connectivity index (χ1v) is 20.7. The molecule has 3 aromatic rings. The van der Waals surface area contributed by atoms with Crippen molar-refractivity contribution in [3.8, 4) is 0 Å². The van der Waals surface area contributed by atoms with Gasteiger partial charge in [0.2, 0.25) is 0 Å². The molecule has 2 aromatic carbocycles. The normalized spacial score (nSPS) is 12.4. The number of nitrogens with zero attached hydrogens (tertiary/aromatic N) is 2. The van der Waals surface area contributed by atoms with E-state index in [0.717, 1.165) is 13.1 Å². The van der Waals surface area contributed by atoms with Crippen molar-refractivity contribution >= 4 is 43.8 Å². The molecule has 2 nitrogen and oxygen atoms in total. The second kappa shape index (κ2) is 12.5. The van der Waals surface area contributed by atoms with Gasteiger partial charge in [-0.15, -0.1) is 0 Å². The molecular weight excluding hydrogens is 495 g/mol. The summed E-state index contributed by atoms with van der Waals surface area (Å²) in [4.78, 5) is 2.31. The van der Waals surface area contributed by atoms with Gasteiger partial charge in [0.15, 0.2) is 0 Å². The summed E-state index contributed by atoms with van der Waals surface area (Å²) >= 11 is -2.54. The van der Waals surface area contributed by atoms with Crippen LogP contribution < -0.4 is 3.58 Å². The van der Waals surface area contributed by atoms with Gasteiger partial charge in [-0.05, 0) is 0 Å². The zero-order chi connectivity index (χ0) is 23.0. The van der Waals surface area contributed by atoms with Gasteiger partial charge < -0.3 is 0 Å². The summed E-state index contributed by atoms with van der Waals surface area (Å²) in [6, 6.07) is 16.6. The third-order valence-corrected chi connectivity index (χ3v) is 23.1. The molecule has 0 bridgehead atoms. The second-order valence-electron chi connectivity index (χ2n) is 10.1. The van der Waals surface area contributed by atoms with Gasteiger partial charge >= 0.3 is 202 Å². The number of aromatic nitrogens is 1. The summed E-state index contributed by atoms with van der Waals surface area (Å²) in [5.41, 5.74) is 2.93. The van der Waals surface area contributed by atoms with Gasteiger partial charge in [0.1, 0.15) is 0 Å². The minimum atomic E-state index is -2.54. The standard InChI is InChI=1S/C17H19N2.3C4H9.Sn/c1-18(2)12-7-13-19-16-10-5-3-8-14(16)15-9-4-6-11-17(15)19;3*1-3-4-2;/h3-6,8,10-11H,7,12-13H2,1-2H3;3*1,3-4H2,2H3;. The van der Waals surface area contributed by atoms with E-state index in [0.29, 0.717) is 0 Å². The Balaban J connectivity index is 2.21. The first kappa shape index (κ1) is 25.6. The predicted molar refractivity (Wildman–Crippen MR) is 147 cm³/mol. The maximum atomic E-state index is 2.63. The van der Waals surface area contributed by atoms with Crippen LogP contribution >= 0.6 is 0 Å². The Morgan fingerprint density at radius 2 is 1.31 bits per heavy atom. The summed E-state index contributed by atoms with van der Waals surface area (Å²) in [6.45, 7) is 9.39. The van der Waals surface area contributed by atoms with Crippen molar-refractivity contribution in [3.63, 3.8) is 0 Å². The van der Waals surface area contributed by atoms with Crippen molar-refractivity contribution in [2.45, 2.75) is 85.6 Å². The van der Waals surface area contributed by atoms with Gasteiger partial charge in [0.25, 0.3) is 0 Å². The van der Waals surface area contributed by atoms with Crippen LogP contribution in [0.2, 0.25) is 13.3 Å². The maximum absolute atomic E-state index is 2.63. The monoisotopic (exact) mass is 542 g/mol. The zero-order valence-corrected chi connectivity index (χ0v) is 24.3. The van der Waals surface area contributed by atoms with E-state index in [1.807, 2.05) is 3.58 Å². The van der Waals surface area contributed by atoms with Crippen molar-refractivity contribution in [3.05, 3.63) is 42.5 Å². The number of benzene rings is 2. The fraction of sp³-hybridized carbons (Fsp3) is 0.586. The van der Waals surface area contributed by atoms with Crippen LogP contribution in [0.4, 0.5) is 0 Å². The molecule has 0 fully saturated rings. The van der Waals surface area contributed by atoms with E-state index in [1.165, 1.54) is 74.7 Å². The van der Waals surface area contributed by atoms with Crippen LogP contribution in [0.15, 0.2) is 42.5 Å². The molecule has 0 aliphatic heterocycles. The topological polar surface area (TPSA) is 8.17 Å². The Hall–Kier alpha value is -1.00. The predicted octanol–water partition coefficient (Wildman–Crippen LogP) is 7.80. The molecule has 0 saturated heterocycles. The van der Waals surface area contributed by atoms with Crippen LogP contribution in [0.1, 0.15) is 65.7 Å². The first-order chi connectivity index (χ1) is 15.6. The van der Waals surface area contributed by atoms with Crippen LogP contribution in [0, 0.1) is 0 Å². The van der Waals surface area contributed by atoms with E-state index in [9.17, 15) is 0 Å². The Labute approximate surface area is 201 Å². The van der Waals surface area contributed by atoms with E-state index >= 15 is 0 Å². The molecule has 176 valence electrons. The summed E-state index contributed by atoms with van der Waals surface area (Å²) in [6.07, 6.45) is 9.45. The van der Waals surface area contributed by atoms with Crippen molar-refractivity contribution in [1.82, 2.24) is 9.47 Å². The molecule has 0 atom stereocenters. The fourth-order valence-corrected chi connectivity index (χ4v) is 22.5. The summed E-state index contributed by atoms with van der Waals surface area (Å²) in [7, 11) is 4.37. The van der Waals surface area contributed by atoms with E-state index in [4.69, 9.17) is 0 Å². The summed E-state index contributed by atoms with van der Waals surface area (Å²) in [5.74, 6) is 0. The molecule has 0 amide bonds. The molecule has 0 N–H and O–H groups in total. The molecular formula is C29H46N2Sn. The molecule has 0 aliphatic carbocycles. The van der Waals surface area contributed by atoms with Gasteiger partial charge in [0, 0.05) is 0 Å². The third kappa shape index (κ3) is 5.73. The van der Waals surface area contributed by atoms with Crippen molar-refractivity contribution < 1.29 is 0 Å². The second-order valence-corrected chi connectivity index (χ2v) is 23.2. The number of hydrogen-bond donors (Lipinski definition) is 0. The molecule has 32 heavy (non-hydrogen) atoms. The molecule has 3 rings (SSSR count). The molecule has 1 heterocycles. The molecule has 1 aromatic heterocycles. The fourth-order valence-electron chi connectivity index (χ4n) is 5.65. The molecule has 0 aliphatic rings. The minimum absolute atomic E-state index is 1.10. The van der Waals surface area contributed by atoms with Crippen molar-refractivity contribution in [2.24, 2.45) is 0 Å². The number of para-hydroxylation sites is 1. The van der Waals surface area contributed by atoms with Gasteiger partial charge in [-0.1, -0.05) is 0 Å². The Morgan fingerprint density at radius 3 is 1.91 bits per heavy atom. The summed E-state index contributed by atoms with van der Waals surface area (Å²) in [5, 5.41) is 3.14. The van der Waals surface area contributed by atoms with Gasteiger partial charge in [-0.3, -0.25) is 0 Å². The summed E-state index contributed by atoms with van der Waals surface area (Å²) < 4.78 is 9.07. The zero-order valence-electron chi connectivity index (χ0n) is 21.4. The molecule has 0 unspecified atom stereocenters. The van der Waals surface area contributed by atoms with E-state index < -0.39 is 18.4 Å². The third-order valence-electron chi connectivity index (χ3n) is 7.38. The molecule has 3 heteroatoms. The van der Waals surface area contributed by atoms with Crippen LogP contribution in [0.5, 0.6) is 0 Å². The van der Waals surface area contributed by atoms with Crippen LogP contribution in [0.3, 0.4) is 0 Å². The average Bonchev–Trinajstić information content (AvgIpc) is 3.13. The number of unbranched alkanes of at least 4 members (excludes halogenated alkanes) is 3. The molecule has 0 radical (unpaired) electrons. The van der Waals surface area contributed by atoms with Gasteiger partial charge in [0.05, 0.1) is 0 Å². The Bertz CT molecular complexity index is 950. The van der Waals surface area contributed by atoms with E-state index in [-0.39, 0.29) is 0 Å². The number of hydrogen-bond acceptors (Lipinski definition) is 1. The van der Waals surface area contributed by atoms with Crippen molar-refractivity contribution in [2.75, 3.05) is 20.6 Å². The molecule has 0 spiro atoms. The average molecular weight is 541 g/mol. The van der Waals surface area contributed by atoms with Crippen LogP contribution in [-0.4, -0.2) is 48.5 Å². The first-order valence-electron chi connectivity index (χ1n) is 13.2. The SMILES string of the molecule is CCC[CH2][Sn]([CH2]CCC)([CH2]CCC)[c]1cccc2c1c1ccccc1n2CCCN(C)C. The van der Waals surface area contributed by atoms with E-state index in [2.05, 4.69) is 86.8 Å². The Kier molecular flexibility index (Phi) is 9.97. The van der Waals surface area contributed by atoms with Crippen molar-refractivity contribution in [1.29, 1.82) is 0 Å². The number of fused-ring (bicyclic) bond motifs is 3. The van der Waals surface area contributed by atoms with Gasteiger partial charge in [-0.2, -0.15) is 0 Å². The van der Waals surface area contributed by atoms with Crippen LogP contribution in [0.25, 0.3) is 21.8 Å². The molecule has 0 saturated carbocycles. The van der Waals surface area contributed by atoms with Gasteiger partial charge in [-0.25, -0.2) is 0 Å². The number of rotatable bonds is 14. The quantitative estimate of drug-likeness (QED) is 0.189.